The van der Waals surface area contributed by atoms with Gasteiger partial charge in [0.25, 0.3) is 0 Å². The van der Waals surface area contributed by atoms with Gasteiger partial charge >= 0.3 is 0 Å². The molecule has 0 unspecified atom stereocenters. The predicted octanol–water partition coefficient (Wildman–Crippen LogP) is 0.304. The van der Waals surface area contributed by atoms with Crippen molar-refractivity contribution in [2.75, 3.05) is 7.11 Å². The van der Waals surface area contributed by atoms with E-state index in [0.29, 0.717) is 0 Å². The van der Waals surface area contributed by atoms with Gasteiger partial charge in [0, 0.05) is 20.8 Å². The molecule has 3 nitrogen and oxygen atoms in total. The highest BCUT2D eigenvalue weighted by molar-refractivity contribution is 5.16. The van der Waals surface area contributed by atoms with Crippen LogP contribution in [0.1, 0.15) is 20.8 Å². The molecule has 0 saturated heterocycles. The SMILES string of the molecule is C=[N+](/C=C(\[O-])OC)C(C)(C)C. The smallest absolute Gasteiger partial charge is 0.190 e. The first kappa shape index (κ1) is 10.0. The Labute approximate surface area is 67.6 Å². The number of nitrogens with zero attached hydrogens (tertiary/aromatic N) is 1. The molecule has 0 saturated carbocycles. The summed E-state index contributed by atoms with van der Waals surface area (Å²) in [5.41, 5.74) is -0.145. The molecule has 0 spiro atoms. The van der Waals surface area contributed by atoms with Crippen LogP contribution in [0.15, 0.2) is 12.1 Å². The van der Waals surface area contributed by atoms with Crippen LogP contribution in [0.4, 0.5) is 0 Å². The van der Waals surface area contributed by atoms with Gasteiger partial charge in [0.05, 0.1) is 0 Å². The van der Waals surface area contributed by atoms with Crippen molar-refractivity contribution in [3.8, 4) is 0 Å². The Bertz CT molecular complexity index is 177. The van der Waals surface area contributed by atoms with E-state index in [2.05, 4.69) is 11.5 Å². The summed E-state index contributed by atoms with van der Waals surface area (Å²) in [5, 5.41) is 10.7. The van der Waals surface area contributed by atoms with E-state index in [0.717, 1.165) is 0 Å². The molecule has 0 bridgehead atoms. The summed E-state index contributed by atoms with van der Waals surface area (Å²) in [6.07, 6.45) is 1.33. The molecule has 11 heavy (non-hydrogen) atoms. The lowest BCUT2D eigenvalue weighted by Gasteiger charge is -2.14. The van der Waals surface area contributed by atoms with E-state index in [1.165, 1.54) is 13.3 Å². The monoisotopic (exact) mass is 157 g/mol. The zero-order valence-corrected chi connectivity index (χ0v) is 7.55. The summed E-state index contributed by atoms with van der Waals surface area (Å²) in [6.45, 7) is 9.55. The molecule has 0 aliphatic carbocycles. The van der Waals surface area contributed by atoms with E-state index in [-0.39, 0.29) is 11.5 Å². The molecule has 0 rings (SSSR count). The molecule has 0 N–H and O–H groups in total. The van der Waals surface area contributed by atoms with Crippen LogP contribution < -0.4 is 5.11 Å². The van der Waals surface area contributed by atoms with Crippen LogP contribution >= 0.6 is 0 Å². The molecule has 0 aromatic rings. The van der Waals surface area contributed by atoms with Gasteiger partial charge in [-0.25, -0.2) is 4.58 Å². The quantitative estimate of drug-likeness (QED) is 0.328. The van der Waals surface area contributed by atoms with Gasteiger partial charge in [-0.3, -0.25) is 0 Å². The second kappa shape index (κ2) is 3.42. The number of methoxy groups -OCH3 is 1. The lowest BCUT2D eigenvalue weighted by molar-refractivity contribution is -0.537. The number of ether oxygens (including phenoxy) is 1. The largest absolute Gasteiger partial charge is 0.613 e. The first-order valence-electron chi connectivity index (χ1n) is 3.40. The summed E-state index contributed by atoms with van der Waals surface area (Å²) in [4.78, 5) is 0. The molecule has 0 heterocycles. The molecule has 0 aromatic carbocycles. The van der Waals surface area contributed by atoms with E-state index >= 15 is 0 Å². The minimum absolute atomic E-state index is 0.145. The van der Waals surface area contributed by atoms with Gasteiger partial charge in [-0.15, -0.1) is 0 Å². The standard InChI is InChI=1S/C8H15NO2/c1-8(2,3)9(4)6-7(10)11-5/h6H,4H2,1-3,5H3/b7-6+. The second-order valence-electron chi connectivity index (χ2n) is 3.29. The van der Waals surface area contributed by atoms with Crippen LogP contribution in [-0.4, -0.2) is 23.9 Å². The van der Waals surface area contributed by atoms with Gasteiger partial charge < -0.3 is 9.84 Å². The molecule has 3 heteroatoms. The van der Waals surface area contributed by atoms with Gasteiger partial charge in [0.15, 0.2) is 11.7 Å². The van der Waals surface area contributed by atoms with Crippen LogP contribution in [-0.2, 0) is 4.74 Å². The molecule has 0 amide bonds. The normalized spacial score (nSPS) is 12.9. The number of hydrogen-bond acceptors (Lipinski definition) is 2. The van der Waals surface area contributed by atoms with Crippen molar-refractivity contribution in [1.82, 2.24) is 0 Å². The Morgan fingerprint density at radius 2 is 2.00 bits per heavy atom. The molecule has 0 atom stereocenters. The molecule has 0 aliphatic heterocycles. The highest BCUT2D eigenvalue weighted by Gasteiger charge is 2.19. The van der Waals surface area contributed by atoms with E-state index in [1.807, 2.05) is 20.8 Å². The van der Waals surface area contributed by atoms with Crippen molar-refractivity contribution in [2.45, 2.75) is 26.3 Å². The fourth-order valence-electron chi connectivity index (χ4n) is 0.374. The Morgan fingerprint density at radius 1 is 1.55 bits per heavy atom. The Morgan fingerprint density at radius 3 is 2.27 bits per heavy atom. The van der Waals surface area contributed by atoms with Crippen molar-refractivity contribution < 1.29 is 14.4 Å². The molecule has 0 aliphatic rings. The molecule has 0 radical (unpaired) electrons. The summed E-state index contributed by atoms with van der Waals surface area (Å²) >= 11 is 0. The molecule has 0 fully saturated rings. The Kier molecular flexibility index (Phi) is 3.11. The molecular formula is C8H15NO2. The van der Waals surface area contributed by atoms with E-state index < -0.39 is 0 Å². The zero-order valence-electron chi connectivity index (χ0n) is 7.55. The van der Waals surface area contributed by atoms with Gasteiger partial charge in [-0.05, 0) is 7.11 Å². The fourth-order valence-corrected chi connectivity index (χ4v) is 0.374. The average molecular weight is 157 g/mol. The van der Waals surface area contributed by atoms with Crippen LogP contribution in [0.3, 0.4) is 0 Å². The van der Waals surface area contributed by atoms with Crippen molar-refractivity contribution in [3.05, 3.63) is 12.1 Å². The van der Waals surface area contributed by atoms with Gasteiger partial charge in [0.1, 0.15) is 12.7 Å². The van der Waals surface area contributed by atoms with Crippen LogP contribution in [0.25, 0.3) is 0 Å². The molecule has 64 valence electrons. The summed E-state index contributed by atoms with van der Waals surface area (Å²) in [7, 11) is 1.34. The summed E-state index contributed by atoms with van der Waals surface area (Å²) in [5.74, 6) is -0.380. The van der Waals surface area contributed by atoms with Gasteiger partial charge in [-0.2, -0.15) is 0 Å². The van der Waals surface area contributed by atoms with Crippen LogP contribution in [0.2, 0.25) is 0 Å². The highest BCUT2D eigenvalue weighted by Crippen LogP contribution is 2.06. The third-order valence-electron chi connectivity index (χ3n) is 1.32. The van der Waals surface area contributed by atoms with Crippen molar-refractivity contribution in [2.24, 2.45) is 0 Å². The first-order chi connectivity index (χ1) is 4.88. The van der Waals surface area contributed by atoms with Gasteiger partial charge in [-0.1, -0.05) is 0 Å². The van der Waals surface area contributed by atoms with Crippen molar-refractivity contribution >= 4 is 6.72 Å². The summed E-state index contributed by atoms with van der Waals surface area (Å²) in [6, 6.07) is 0. The average Bonchev–Trinajstić information content (AvgIpc) is 1.85. The maximum atomic E-state index is 10.7. The lowest BCUT2D eigenvalue weighted by Crippen LogP contribution is -2.29. The Balaban J connectivity index is 4.30. The van der Waals surface area contributed by atoms with Crippen molar-refractivity contribution in [3.63, 3.8) is 0 Å². The topological polar surface area (TPSA) is 35.3 Å². The minimum Gasteiger partial charge on any atom is -0.613 e. The van der Waals surface area contributed by atoms with Crippen LogP contribution in [0.5, 0.6) is 0 Å². The number of hydrogen-bond donors (Lipinski definition) is 0. The minimum atomic E-state index is -0.380. The molecular weight excluding hydrogens is 142 g/mol. The predicted molar refractivity (Wildman–Crippen MR) is 42.2 cm³/mol. The van der Waals surface area contributed by atoms with E-state index in [1.54, 1.807) is 4.58 Å². The third-order valence-corrected chi connectivity index (χ3v) is 1.32. The number of rotatable bonds is 2. The lowest BCUT2D eigenvalue weighted by atomic mass is 10.1. The second-order valence-corrected chi connectivity index (χ2v) is 3.29. The first-order valence-corrected chi connectivity index (χ1v) is 3.40. The van der Waals surface area contributed by atoms with E-state index in [4.69, 9.17) is 0 Å². The maximum Gasteiger partial charge on any atom is 0.190 e. The fraction of sp³-hybridized carbons (Fsp3) is 0.625. The maximum absolute atomic E-state index is 10.7. The third kappa shape index (κ3) is 3.65. The zero-order chi connectivity index (χ0) is 9.07. The van der Waals surface area contributed by atoms with E-state index in [9.17, 15) is 5.11 Å². The van der Waals surface area contributed by atoms with Gasteiger partial charge in [0.2, 0.25) is 0 Å². The summed E-state index contributed by atoms with van der Waals surface area (Å²) < 4.78 is 6.01. The Hall–Kier alpha value is -0.990. The van der Waals surface area contributed by atoms with Crippen LogP contribution in [0, 0.1) is 0 Å². The molecule has 0 aromatic heterocycles. The van der Waals surface area contributed by atoms with Crippen molar-refractivity contribution in [1.29, 1.82) is 0 Å². The highest BCUT2D eigenvalue weighted by atomic mass is 16.6.